The molecule has 26 heavy (non-hydrogen) atoms. The normalized spacial score (nSPS) is 15.7. The fraction of sp³-hybridized carbons (Fsp3) is 0.294. The Balaban J connectivity index is 1.78. The van der Waals surface area contributed by atoms with Crippen molar-refractivity contribution in [1.82, 2.24) is 4.98 Å². The quantitative estimate of drug-likeness (QED) is 0.814. The monoisotopic (exact) mass is 385 g/mol. The van der Waals surface area contributed by atoms with Gasteiger partial charge in [-0.15, -0.1) is 0 Å². The second kappa shape index (κ2) is 7.03. The van der Waals surface area contributed by atoms with Crippen molar-refractivity contribution in [2.24, 2.45) is 0 Å². The highest BCUT2D eigenvalue weighted by Crippen LogP contribution is 2.33. The van der Waals surface area contributed by atoms with Gasteiger partial charge in [0.25, 0.3) is 0 Å². The Bertz CT molecular complexity index is 829. The lowest BCUT2D eigenvalue weighted by Crippen LogP contribution is -2.23. The van der Waals surface area contributed by atoms with Gasteiger partial charge in [0.05, 0.1) is 23.2 Å². The van der Waals surface area contributed by atoms with Gasteiger partial charge in [-0.2, -0.15) is 13.2 Å². The number of aromatic nitrogens is 1. The highest BCUT2D eigenvalue weighted by molar-refractivity contribution is 6.33. The van der Waals surface area contributed by atoms with Crippen LogP contribution in [-0.4, -0.2) is 24.2 Å². The summed E-state index contributed by atoms with van der Waals surface area (Å²) in [5, 5.41) is 2.87. The van der Waals surface area contributed by atoms with Crippen LogP contribution in [0.25, 0.3) is 0 Å². The number of rotatable bonds is 4. The number of pyridine rings is 1. The van der Waals surface area contributed by atoms with E-state index in [-0.39, 0.29) is 16.9 Å². The van der Waals surface area contributed by atoms with E-state index in [0.29, 0.717) is 18.8 Å². The predicted octanol–water partition coefficient (Wildman–Crippen LogP) is 4.88. The number of nitrogens with one attached hydrogen (secondary N) is 1. The molecule has 138 valence electrons. The number of anilines is 2. The Hall–Kier alpha value is -2.48. The smallest absolute Gasteiger partial charge is 0.417 e. The Morgan fingerprint density at radius 3 is 2.73 bits per heavy atom. The number of hydrogen-bond acceptors (Lipinski definition) is 4. The molecule has 1 atom stereocenters. The number of halogens is 4. The molecule has 0 spiro atoms. The van der Waals surface area contributed by atoms with E-state index < -0.39 is 17.8 Å². The van der Waals surface area contributed by atoms with Crippen LogP contribution in [0.1, 0.15) is 24.1 Å². The Kier molecular flexibility index (Phi) is 4.95. The third-order valence-corrected chi connectivity index (χ3v) is 4.25. The molecule has 0 aliphatic carbocycles. The number of benzene rings is 1. The van der Waals surface area contributed by atoms with Crippen LogP contribution in [0.4, 0.5) is 29.5 Å². The molecule has 0 radical (unpaired) electrons. The standard InChI is InChI=1S/C17H15ClF3N3O2/c1-10(23-15-14(18)8-12(9-22-15)17(19,20)21)11-3-2-4-13(7-11)24-5-6-26-16(24)25/h2-4,7-10H,5-6H2,1H3,(H,22,23)/t10-/m0/s1. The summed E-state index contributed by atoms with van der Waals surface area (Å²) in [6.07, 6.45) is -4.17. The predicted molar refractivity (Wildman–Crippen MR) is 91.4 cm³/mol. The van der Waals surface area contributed by atoms with Crippen LogP contribution >= 0.6 is 11.6 Å². The summed E-state index contributed by atoms with van der Waals surface area (Å²) < 4.78 is 43.0. The largest absolute Gasteiger partial charge is 0.447 e. The van der Waals surface area contributed by atoms with Crippen LogP contribution in [-0.2, 0) is 10.9 Å². The van der Waals surface area contributed by atoms with Crippen molar-refractivity contribution >= 4 is 29.2 Å². The zero-order chi connectivity index (χ0) is 18.9. The summed E-state index contributed by atoms with van der Waals surface area (Å²) in [5.41, 5.74) is 0.598. The Morgan fingerprint density at radius 1 is 1.35 bits per heavy atom. The van der Waals surface area contributed by atoms with E-state index >= 15 is 0 Å². The van der Waals surface area contributed by atoms with Gasteiger partial charge in [0.2, 0.25) is 0 Å². The first kappa shape index (κ1) is 18.3. The summed E-state index contributed by atoms with van der Waals surface area (Å²) in [7, 11) is 0. The van der Waals surface area contributed by atoms with Crippen molar-refractivity contribution in [3.05, 3.63) is 52.7 Å². The molecular weight excluding hydrogens is 371 g/mol. The summed E-state index contributed by atoms with van der Waals surface area (Å²) >= 11 is 5.93. The molecule has 1 aromatic heterocycles. The third-order valence-electron chi connectivity index (χ3n) is 3.96. The number of cyclic esters (lactones) is 1. The van der Waals surface area contributed by atoms with Crippen LogP contribution < -0.4 is 10.2 Å². The molecule has 1 saturated heterocycles. The third kappa shape index (κ3) is 3.85. The van der Waals surface area contributed by atoms with E-state index in [9.17, 15) is 18.0 Å². The van der Waals surface area contributed by atoms with Gasteiger partial charge in [-0.05, 0) is 30.7 Å². The van der Waals surface area contributed by atoms with Gasteiger partial charge in [0.1, 0.15) is 12.4 Å². The molecule has 9 heteroatoms. The lowest BCUT2D eigenvalue weighted by atomic mass is 10.1. The maximum absolute atomic E-state index is 12.7. The zero-order valence-electron chi connectivity index (χ0n) is 13.7. The second-order valence-corrected chi connectivity index (χ2v) is 6.19. The van der Waals surface area contributed by atoms with Crippen LogP contribution in [0.3, 0.4) is 0 Å². The molecule has 1 N–H and O–H groups in total. The molecule has 1 aliphatic heterocycles. The highest BCUT2D eigenvalue weighted by Gasteiger charge is 2.31. The highest BCUT2D eigenvalue weighted by atomic mass is 35.5. The zero-order valence-corrected chi connectivity index (χ0v) is 14.4. The lowest BCUT2D eigenvalue weighted by molar-refractivity contribution is -0.137. The summed E-state index contributed by atoms with van der Waals surface area (Å²) in [6.45, 7) is 2.62. The molecule has 2 heterocycles. The van der Waals surface area contributed by atoms with Crippen LogP contribution in [0.2, 0.25) is 5.02 Å². The summed E-state index contributed by atoms with van der Waals surface area (Å²) in [5.74, 6) is 0.151. The number of carbonyl (C=O) groups is 1. The molecule has 0 bridgehead atoms. The minimum Gasteiger partial charge on any atom is -0.447 e. The minimum absolute atomic E-state index is 0.119. The van der Waals surface area contributed by atoms with Gasteiger partial charge in [-0.3, -0.25) is 4.90 Å². The molecule has 3 rings (SSSR count). The maximum atomic E-state index is 12.7. The first-order chi connectivity index (χ1) is 12.3. The van der Waals surface area contributed by atoms with Crippen molar-refractivity contribution in [3.8, 4) is 0 Å². The molecular formula is C17H15ClF3N3O2. The number of nitrogens with zero attached hydrogens (tertiary/aromatic N) is 2. The average Bonchev–Trinajstić information content (AvgIpc) is 3.02. The number of carbonyl (C=O) groups excluding carboxylic acids is 1. The van der Waals surface area contributed by atoms with Gasteiger partial charge >= 0.3 is 12.3 Å². The van der Waals surface area contributed by atoms with E-state index in [1.165, 1.54) is 4.90 Å². The van der Waals surface area contributed by atoms with Crippen molar-refractivity contribution in [2.75, 3.05) is 23.4 Å². The number of hydrogen-bond donors (Lipinski definition) is 1. The molecule has 0 unspecified atom stereocenters. The van der Waals surface area contributed by atoms with Crippen LogP contribution in [0, 0.1) is 0 Å². The van der Waals surface area contributed by atoms with Gasteiger partial charge in [0.15, 0.2) is 0 Å². The fourth-order valence-electron chi connectivity index (χ4n) is 2.58. The molecule has 2 aromatic rings. The Labute approximate surface area is 152 Å². The van der Waals surface area contributed by atoms with E-state index in [2.05, 4.69) is 10.3 Å². The minimum atomic E-state index is -4.50. The van der Waals surface area contributed by atoms with Crippen molar-refractivity contribution in [3.63, 3.8) is 0 Å². The van der Waals surface area contributed by atoms with Crippen molar-refractivity contribution in [2.45, 2.75) is 19.1 Å². The van der Waals surface area contributed by atoms with Crippen LogP contribution in [0.15, 0.2) is 36.5 Å². The topological polar surface area (TPSA) is 54.5 Å². The van der Waals surface area contributed by atoms with E-state index in [1.54, 1.807) is 12.1 Å². The Morgan fingerprint density at radius 2 is 2.12 bits per heavy atom. The van der Waals surface area contributed by atoms with E-state index in [4.69, 9.17) is 16.3 Å². The van der Waals surface area contributed by atoms with Gasteiger partial charge < -0.3 is 10.1 Å². The molecule has 0 saturated carbocycles. The second-order valence-electron chi connectivity index (χ2n) is 5.78. The molecule has 5 nitrogen and oxygen atoms in total. The number of alkyl halides is 3. The summed E-state index contributed by atoms with van der Waals surface area (Å²) in [6, 6.07) is 7.75. The molecule has 1 amide bonds. The number of ether oxygens (including phenoxy) is 1. The van der Waals surface area contributed by atoms with Crippen molar-refractivity contribution < 1.29 is 22.7 Å². The lowest BCUT2D eigenvalue weighted by Gasteiger charge is -2.19. The van der Waals surface area contributed by atoms with E-state index in [0.717, 1.165) is 17.8 Å². The molecule has 1 aromatic carbocycles. The SMILES string of the molecule is C[C@H](Nc1ncc(C(F)(F)F)cc1Cl)c1cccc(N2CCOC2=O)c1. The molecule has 1 fully saturated rings. The van der Waals surface area contributed by atoms with Crippen LogP contribution in [0.5, 0.6) is 0 Å². The first-order valence-corrected chi connectivity index (χ1v) is 8.17. The first-order valence-electron chi connectivity index (χ1n) is 7.79. The average molecular weight is 386 g/mol. The van der Waals surface area contributed by atoms with Crippen molar-refractivity contribution in [1.29, 1.82) is 0 Å². The number of amides is 1. The fourth-order valence-corrected chi connectivity index (χ4v) is 2.80. The maximum Gasteiger partial charge on any atom is 0.417 e. The summed E-state index contributed by atoms with van der Waals surface area (Å²) in [4.78, 5) is 17.0. The van der Waals surface area contributed by atoms with Gasteiger partial charge in [-0.1, -0.05) is 23.7 Å². The van der Waals surface area contributed by atoms with E-state index in [1.807, 2.05) is 19.1 Å². The van der Waals surface area contributed by atoms with Gasteiger partial charge in [-0.25, -0.2) is 9.78 Å². The van der Waals surface area contributed by atoms with Gasteiger partial charge in [0, 0.05) is 11.9 Å². The molecule has 1 aliphatic rings.